The number of carbonyl (C=O) groups is 2. The van der Waals surface area contributed by atoms with Crippen molar-refractivity contribution in [1.82, 2.24) is 5.32 Å². The quantitative estimate of drug-likeness (QED) is 0.649. The third kappa shape index (κ3) is 6.40. The number of aliphatic carboxylic acids is 2. The van der Waals surface area contributed by atoms with Crippen molar-refractivity contribution in [3.63, 3.8) is 0 Å². The minimum Gasteiger partial charge on any atom is -0.480 e. The molecule has 1 rings (SSSR count). The number of benzene rings is 1. The molecule has 0 aliphatic heterocycles. The van der Waals surface area contributed by atoms with E-state index in [1.54, 1.807) is 0 Å². The van der Waals surface area contributed by atoms with Crippen LogP contribution >= 0.6 is 0 Å². The summed E-state index contributed by atoms with van der Waals surface area (Å²) in [5.74, 6) is -1.84. The Morgan fingerprint density at radius 3 is 2.10 bits per heavy atom. The van der Waals surface area contributed by atoms with Crippen molar-refractivity contribution in [1.29, 1.82) is 0 Å². The van der Waals surface area contributed by atoms with Crippen LogP contribution in [0.1, 0.15) is 32.3 Å². The van der Waals surface area contributed by atoms with Gasteiger partial charge in [0.2, 0.25) is 0 Å². The maximum Gasteiger partial charge on any atom is 0.320 e. The molecule has 0 aliphatic carbocycles. The van der Waals surface area contributed by atoms with Gasteiger partial charge < -0.3 is 10.2 Å². The van der Waals surface area contributed by atoms with Gasteiger partial charge in [0, 0.05) is 0 Å². The molecular weight excluding hydrogens is 270 g/mol. The summed E-state index contributed by atoms with van der Waals surface area (Å²) < 4.78 is 0. The zero-order valence-corrected chi connectivity index (χ0v) is 12.5. The standard InChI is InChI=1S/C16H23NO4/c1-11(2)10-14(16(20)21)17-13(15(18)19)9-8-12-6-4-3-5-7-12/h3-7,11,13-14,17H,8-10H2,1-2H3,(H,18,19)(H,20,21)/t13?,14-/m0/s1. The highest BCUT2D eigenvalue weighted by molar-refractivity contribution is 5.77. The van der Waals surface area contributed by atoms with Gasteiger partial charge >= 0.3 is 11.9 Å². The third-order valence-corrected chi connectivity index (χ3v) is 3.27. The summed E-state index contributed by atoms with van der Waals surface area (Å²) in [6, 6.07) is 7.88. The number of hydrogen-bond acceptors (Lipinski definition) is 3. The van der Waals surface area contributed by atoms with E-state index >= 15 is 0 Å². The first-order valence-corrected chi connectivity index (χ1v) is 7.15. The van der Waals surface area contributed by atoms with Crippen LogP contribution in [0.5, 0.6) is 0 Å². The van der Waals surface area contributed by atoms with Crippen LogP contribution in [0.15, 0.2) is 30.3 Å². The summed E-state index contributed by atoms with van der Waals surface area (Å²) in [6.45, 7) is 3.83. The van der Waals surface area contributed by atoms with Gasteiger partial charge in [-0.2, -0.15) is 0 Å². The molecule has 1 unspecified atom stereocenters. The van der Waals surface area contributed by atoms with Crippen molar-refractivity contribution >= 4 is 11.9 Å². The predicted molar refractivity (Wildman–Crippen MR) is 80.2 cm³/mol. The van der Waals surface area contributed by atoms with Crippen molar-refractivity contribution in [2.75, 3.05) is 0 Å². The first-order chi connectivity index (χ1) is 9.90. The Balaban J connectivity index is 2.63. The summed E-state index contributed by atoms with van der Waals surface area (Å²) in [5, 5.41) is 21.2. The number of carboxylic acid groups (broad SMARTS) is 2. The average molecular weight is 293 g/mol. The number of rotatable bonds is 9. The zero-order valence-electron chi connectivity index (χ0n) is 12.5. The van der Waals surface area contributed by atoms with Crippen molar-refractivity contribution < 1.29 is 19.8 Å². The molecule has 3 N–H and O–H groups in total. The molecule has 2 atom stereocenters. The third-order valence-electron chi connectivity index (χ3n) is 3.27. The first kappa shape index (κ1) is 17.2. The average Bonchev–Trinajstić information content (AvgIpc) is 2.42. The fourth-order valence-corrected chi connectivity index (χ4v) is 2.19. The molecule has 1 aromatic carbocycles. The molecule has 1 aromatic rings. The molecule has 0 saturated heterocycles. The van der Waals surface area contributed by atoms with Gasteiger partial charge in [0.15, 0.2) is 0 Å². The van der Waals surface area contributed by atoms with Crippen molar-refractivity contribution in [3.8, 4) is 0 Å². The summed E-state index contributed by atoms with van der Waals surface area (Å²) in [6.07, 6.45) is 1.37. The molecule has 0 bridgehead atoms. The molecule has 0 radical (unpaired) electrons. The summed E-state index contributed by atoms with van der Waals surface area (Å²) in [5.41, 5.74) is 1.04. The molecule has 5 heteroatoms. The van der Waals surface area contributed by atoms with E-state index in [9.17, 15) is 19.8 Å². The lowest BCUT2D eigenvalue weighted by atomic mass is 10.0. The fraction of sp³-hybridized carbons (Fsp3) is 0.500. The van der Waals surface area contributed by atoms with Crippen molar-refractivity contribution in [3.05, 3.63) is 35.9 Å². The first-order valence-electron chi connectivity index (χ1n) is 7.15. The van der Waals surface area contributed by atoms with E-state index in [-0.39, 0.29) is 5.92 Å². The van der Waals surface area contributed by atoms with Crippen LogP contribution < -0.4 is 5.32 Å². The molecule has 0 spiro atoms. The van der Waals surface area contributed by atoms with Gasteiger partial charge in [0.25, 0.3) is 0 Å². The van der Waals surface area contributed by atoms with Gasteiger partial charge in [-0.1, -0.05) is 44.2 Å². The maximum absolute atomic E-state index is 11.3. The Morgan fingerprint density at radius 1 is 1.05 bits per heavy atom. The summed E-state index contributed by atoms with van der Waals surface area (Å²) in [4.78, 5) is 22.5. The van der Waals surface area contributed by atoms with Gasteiger partial charge in [0.05, 0.1) is 0 Å². The van der Waals surface area contributed by atoms with Crippen LogP contribution in [-0.2, 0) is 16.0 Å². The Bertz CT molecular complexity index is 459. The van der Waals surface area contributed by atoms with Gasteiger partial charge in [0.1, 0.15) is 12.1 Å². The van der Waals surface area contributed by atoms with Gasteiger partial charge in [-0.15, -0.1) is 0 Å². The van der Waals surface area contributed by atoms with Crippen LogP contribution in [-0.4, -0.2) is 34.2 Å². The van der Waals surface area contributed by atoms with Gasteiger partial charge in [-0.25, -0.2) is 0 Å². The molecule has 0 fully saturated rings. The highest BCUT2D eigenvalue weighted by atomic mass is 16.4. The molecule has 0 aromatic heterocycles. The smallest absolute Gasteiger partial charge is 0.320 e. The molecule has 0 heterocycles. The summed E-state index contributed by atoms with van der Waals surface area (Å²) >= 11 is 0. The van der Waals surface area contributed by atoms with Crippen molar-refractivity contribution in [2.24, 2.45) is 5.92 Å². The predicted octanol–water partition coefficient (Wildman–Crippen LogP) is 2.16. The van der Waals surface area contributed by atoms with E-state index in [0.717, 1.165) is 5.56 Å². The minimum atomic E-state index is -1.01. The monoisotopic (exact) mass is 293 g/mol. The molecule has 21 heavy (non-hydrogen) atoms. The topological polar surface area (TPSA) is 86.6 Å². The second kappa shape index (κ2) is 8.42. The van der Waals surface area contributed by atoms with Crippen LogP contribution in [0.3, 0.4) is 0 Å². The minimum absolute atomic E-state index is 0.183. The molecule has 5 nitrogen and oxygen atoms in total. The highest BCUT2D eigenvalue weighted by Crippen LogP contribution is 2.10. The Hall–Kier alpha value is -1.88. The van der Waals surface area contributed by atoms with Crippen molar-refractivity contribution in [2.45, 2.75) is 45.2 Å². The van der Waals surface area contributed by atoms with Crippen LogP contribution in [0.2, 0.25) is 0 Å². The molecule has 116 valence electrons. The number of carboxylic acids is 2. The second-order valence-electron chi connectivity index (χ2n) is 5.60. The normalized spacial score (nSPS) is 13.9. The van der Waals surface area contributed by atoms with E-state index < -0.39 is 24.0 Å². The zero-order chi connectivity index (χ0) is 15.8. The van der Waals surface area contributed by atoms with Gasteiger partial charge in [-0.3, -0.25) is 14.9 Å². The van der Waals surface area contributed by atoms with Crippen LogP contribution in [0.4, 0.5) is 0 Å². The lowest BCUT2D eigenvalue weighted by Crippen LogP contribution is -2.47. The molecular formula is C16H23NO4. The fourth-order valence-electron chi connectivity index (χ4n) is 2.19. The van der Waals surface area contributed by atoms with E-state index in [0.29, 0.717) is 19.3 Å². The molecule has 0 amide bonds. The van der Waals surface area contributed by atoms with Gasteiger partial charge in [-0.05, 0) is 30.7 Å². The lowest BCUT2D eigenvalue weighted by Gasteiger charge is -2.21. The maximum atomic E-state index is 11.3. The molecule has 0 aliphatic rings. The Kier molecular flexibility index (Phi) is 6.88. The van der Waals surface area contributed by atoms with E-state index in [1.807, 2.05) is 44.2 Å². The van der Waals surface area contributed by atoms with Crippen LogP contribution in [0, 0.1) is 5.92 Å². The van der Waals surface area contributed by atoms with E-state index in [4.69, 9.17) is 0 Å². The SMILES string of the molecule is CC(C)C[C@H](NC(CCc1ccccc1)C(=O)O)C(=O)O. The number of aryl methyl sites for hydroxylation is 1. The number of nitrogens with one attached hydrogen (secondary N) is 1. The van der Waals surface area contributed by atoms with Crippen LogP contribution in [0.25, 0.3) is 0 Å². The largest absolute Gasteiger partial charge is 0.480 e. The number of hydrogen-bond donors (Lipinski definition) is 3. The van der Waals surface area contributed by atoms with E-state index in [2.05, 4.69) is 5.32 Å². The van der Waals surface area contributed by atoms with E-state index in [1.165, 1.54) is 0 Å². The molecule has 0 saturated carbocycles. The summed E-state index contributed by atoms with van der Waals surface area (Å²) in [7, 11) is 0. The highest BCUT2D eigenvalue weighted by Gasteiger charge is 2.26. The Labute approximate surface area is 125 Å². The second-order valence-corrected chi connectivity index (χ2v) is 5.60. The lowest BCUT2D eigenvalue weighted by molar-refractivity contribution is -0.143. The Morgan fingerprint density at radius 2 is 1.62 bits per heavy atom.